The van der Waals surface area contributed by atoms with Crippen LogP contribution in [0.4, 0.5) is 0 Å². The third kappa shape index (κ3) is 25.6. The molecule has 1 aliphatic heterocycles. The first kappa shape index (κ1) is 48.0. The van der Waals surface area contributed by atoms with Crippen molar-refractivity contribution in [2.45, 2.75) is 122 Å². The van der Waals surface area contributed by atoms with E-state index < -0.39 is 0 Å². The summed E-state index contributed by atoms with van der Waals surface area (Å²) in [7, 11) is 5.89. The van der Waals surface area contributed by atoms with Crippen LogP contribution in [-0.2, 0) is 4.79 Å². The average molecular weight is 612 g/mol. The molecule has 1 amide bonds. The molecule has 1 aromatic heterocycles. The van der Waals surface area contributed by atoms with Gasteiger partial charge in [-0.25, -0.2) is 0 Å². The van der Waals surface area contributed by atoms with Gasteiger partial charge in [0.1, 0.15) is 0 Å². The van der Waals surface area contributed by atoms with Gasteiger partial charge in [-0.1, -0.05) is 144 Å². The molecule has 2 aromatic rings. The minimum absolute atomic E-state index is 0.326. The van der Waals surface area contributed by atoms with E-state index in [0.717, 1.165) is 29.8 Å². The van der Waals surface area contributed by atoms with E-state index in [4.69, 9.17) is 0 Å². The molecule has 0 N–H and O–H groups in total. The van der Waals surface area contributed by atoms with Crippen LogP contribution in [0, 0.1) is 25.7 Å². The van der Waals surface area contributed by atoms with Crippen LogP contribution in [0.3, 0.4) is 0 Å². The number of pyridine rings is 1. The fourth-order valence-electron chi connectivity index (χ4n) is 3.85. The van der Waals surface area contributed by atoms with Gasteiger partial charge in [-0.3, -0.25) is 9.78 Å². The number of nitrogens with zero attached hydrogens (tertiary/aromatic N) is 3. The van der Waals surface area contributed by atoms with Crippen LogP contribution in [0.1, 0.15) is 125 Å². The summed E-state index contributed by atoms with van der Waals surface area (Å²) in [6.07, 6.45) is 13.0. The SMILES string of the molecule is C=C/C(=C\N(C)C)c1cnc(C)c(C)c1.CC.CC.CC.CCC(C)C1CCN(C)C(=O)C1.CCCCC.c1ccccc1. The minimum Gasteiger partial charge on any atom is -0.383 e. The van der Waals surface area contributed by atoms with Gasteiger partial charge in [-0.15, -0.1) is 0 Å². The second kappa shape index (κ2) is 34.6. The largest absolute Gasteiger partial charge is 0.383 e. The maximum atomic E-state index is 11.4. The summed E-state index contributed by atoms with van der Waals surface area (Å²) in [6.45, 7) is 29.7. The van der Waals surface area contributed by atoms with Crippen molar-refractivity contribution >= 4 is 11.5 Å². The number of carbonyl (C=O) groups excluding carboxylic acids is 1. The molecule has 0 bridgehead atoms. The second-order valence-corrected chi connectivity index (χ2v) is 10.3. The Bertz CT molecular complexity index is 893. The van der Waals surface area contributed by atoms with Crippen LogP contribution in [0.2, 0.25) is 0 Å². The molecule has 1 fully saturated rings. The molecule has 0 spiro atoms. The number of aryl methyl sites for hydroxylation is 2. The highest BCUT2D eigenvalue weighted by atomic mass is 16.2. The summed E-state index contributed by atoms with van der Waals surface area (Å²) in [5, 5.41) is 0. The van der Waals surface area contributed by atoms with Crippen LogP contribution in [0.15, 0.2) is 67.5 Å². The summed E-state index contributed by atoms with van der Waals surface area (Å²) in [5.74, 6) is 1.67. The fraction of sp³-hybridized carbons (Fsp3) is 0.600. The van der Waals surface area contributed by atoms with Crippen LogP contribution in [-0.4, -0.2) is 48.4 Å². The Kier molecular flexibility index (Phi) is 37.8. The van der Waals surface area contributed by atoms with Crippen LogP contribution in [0.5, 0.6) is 0 Å². The Hall–Kier alpha value is -2.88. The number of unbranched alkanes of at least 4 members (excludes halogenated alkanes) is 2. The van der Waals surface area contributed by atoms with Crippen LogP contribution < -0.4 is 0 Å². The number of piperidine rings is 1. The number of hydrogen-bond donors (Lipinski definition) is 0. The van der Waals surface area contributed by atoms with Crippen molar-refractivity contribution in [3.8, 4) is 0 Å². The van der Waals surface area contributed by atoms with Crippen molar-refractivity contribution < 1.29 is 4.79 Å². The summed E-state index contributed by atoms with van der Waals surface area (Å²) >= 11 is 0. The molecule has 2 atom stereocenters. The molecule has 3 rings (SSSR count). The van der Waals surface area contributed by atoms with E-state index in [1.165, 1.54) is 37.7 Å². The summed E-state index contributed by atoms with van der Waals surface area (Å²) in [6, 6.07) is 14.1. The molecular formula is C40H73N3O. The third-order valence-corrected chi connectivity index (χ3v) is 6.81. The minimum atomic E-state index is 0.326. The zero-order valence-corrected chi connectivity index (χ0v) is 31.8. The quantitative estimate of drug-likeness (QED) is 0.292. The van der Waals surface area contributed by atoms with Gasteiger partial charge in [-0.2, -0.15) is 0 Å². The van der Waals surface area contributed by atoms with E-state index in [9.17, 15) is 4.79 Å². The normalized spacial score (nSPS) is 13.8. The summed E-state index contributed by atoms with van der Waals surface area (Å²) < 4.78 is 0. The van der Waals surface area contributed by atoms with Gasteiger partial charge < -0.3 is 9.80 Å². The number of benzene rings is 1. The molecule has 0 aliphatic carbocycles. The van der Waals surface area contributed by atoms with Gasteiger partial charge in [0.15, 0.2) is 0 Å². The first-order valence-corrected chi connectivity index (χ1v) is 17.3. The Morgan fingerprint density at radius 3 is 1.77 bits per heavy atom. The maximum absolute atomic E-state index is 11.4. The molecule has 1 aliphatic rings. The first-order chi connectivity index (χ1) is 21.1. The highest BCUT2D eigenvalue weighted by molar-refractivity contribution is 5.76. The molecule has 254 valence electrons. The highest BCUT2D eigenvalue weighted by Gasteiger charge is 2.26. The average Bonchev–Trinajstić information content (AvgIpc) is 3.07. The van der Waals surface area contributed by atoms with Crippen molar-refractivity contribution in [3.05, 3.63) is 84.3 Å². The van der Waals surface area contributed by atoms with Gasteiger partial charge in [-0.05, 0) is 49.3 Å². The molecule has 4 heteroatoms. The molecule has 1 saturated heterocycles. The topological polar surface area (TPSA) is 36.4 Å². The Balaban J connectivity index is -0.000000245. The van der Waals surface area contributed by atoms with Crippen molar-refractivity contribution in [1.29, 1.82) is 0 Å². The second-order valence-electron chi connectivity index (χ2n) is 10.3. The van der Waals surface area contributed by atoms with Crippen molar-refractivity contribution in [2.24, 2.45) is 11.8 Å². The van der Waals surface area contributed by atoms with Gasteiger partial charge in [0.2, 0.25) is 5.91 Å². The lowest BCUT2D eigenvalue weighted by Crippen LogP contribution is -2.37. The molecule has 0 saturated carbocycles. The zero-order valence-electron chi connectivity index (χ0n) is 31.8. The third-order valence-electron chi connectivity index (χ3n) is 6.81. The van der Waals surface area contributed by atoms with Crippen LogP contribution in [0.25, 0.3) is 5.57 Å². The summed E-state index contributed by atoms with van der Waals surface area (Å²) in [4.78, 5) is 19.6. The number of amides is 1. The highest BCUT2D eigenvalue weighted by Crippen LogP contribution is 2.26. The van der Waals surface area contributed by atoms with Gasteiger partial charge >= 0.3 is 0 Å². The molecule has 4 nitrogen and oxygen atoms in total. The molecule has 0 radical (unpaired) electrons. The van der Waals surface area contributed by atoms with E-state index in [2.05, 4.69) is 52.2 Å². The lowest BCUT2D eigenvalue weighted by Gasteiger charge is -2.31. The zero-order chi connectivity index (χ0) is 34.9. The lowest BCUT2D eigenvalue weighted by atomic mass is 9.84. The summed E-state index contributed by atoms with van der Waals surface area (Å²) in [5.41, 5.74) is 4.49. The number of likely N-dealkylation sites (tertiary alicyclic amines) is 1. The molecule has 44 heavy (non-hydrogen) atoms. The number of aromatic nitrogens is 1. The standard InChI is InChI=1S/C13H18N2.C10H19NO.C6H6.C5H12.3C2H6/c1-6-12(9-15(4)5)13-7-10(2)11(3)14-8-13;1-4-8(2)9-5-6-11(3)10(12)7-9;1-2-4-6-5-3-1;1-3-5-4-2;3*1-2/h6-9H,1H2,2-5H3;8-9H,4-7H2,1-3H3;1-6H;3-5H2,1-2H3;3*1-2H3/b12-9+;;;;;;. The molecule has 2 heterocycles. The Labute approximate surface area is 276 Å². The predicted molar refractivity (Wildman–Crippen MR) is 201 cm³/mol. The van der Waals surface area contributed by atoms with Crippen molar-refractivity contribution in [1.82, 2.24) is 14.8 Å². The van der Waals surface area contributed by atoms with E-state index in [1.54, 1.807) is 0 Å². The van der Waals surface area contributed by atoms with Crippen molar-refractivity contribution in [2.75, 3.05) is 27.7 Å². The predicted octanol–water partition coefficient (Wildman–Crippen LogP) is 11.6. The smallest absolute Gasteiger partial charge is 0.222 e. The number of hydrogen-bond acceptors (Lipinski definition) is 3. The van der Waals surface area contributed by atoms with Crippen LogP contribution >= 0.6 is 0 Å². The van der Waals surface area contributed by atoms with Gasteiger partial charge in [0.25, 0.3) is 0 Å². The lowest BCUT2D eigenvalue weighted by molar-refractivity contribution is -0.134. The molecule has 2 unspecified atom stereocenters. The molecule has 1 aromatic carbocycles. The van der Waals surface area contributed by atoms with E-state index in [-0.39, 0.29) is 0 Å². The first-order valence-electron chi connectivity index (χ1n) is 17.3. The van der Waals surface area contributed by atoms with E-state index in [0.29, 0.717) is 17.7 Å². The fourth-order valence-corrected chi connectivity index (χ4v) is 3.85. The van der Waals surface area contributed by atoms with E-state index in [1.807, 2.05) is 134 Å². The maximum Gasteiger partial charge on any atom is 0.222 e. The monoisotopic (exact) mass is 612 g/mol. The van der Waals surface area contributed by atoms with Crippen molar-refractivity contribution in [3.63, 3.8) is 0 Å². The Morgan fingerprint density at radius 2 is 1.45 bits per heavy atom. The number of rotatable bonds is 7. The number of carbonyl (C=O) groups is 1. The molecular weight excluding hydrogens is 538 g/mol. The van der Waals surface area contributed by atoms with E-state index >= 15 is 0 Å². The van der Waals surface area contributed by atoms with Gasteiger partial charge in [0.05, 0.1) is 0 Å². The van der Waals surface area contributed by atoms with Gasteiger partial charge in [0, 0.05) is 57.8 Å². The number of allylic oxidation sites excluding steroid dienone is 2. The Morgan fingerprint density at radius 1 is 0.977 bits per heavy atom.